The van der Waals surface area contributed by atoms with Crippen LogP contribution in [-0.2, 0) is 22.6 Å². The first-order valence-corrected chi connectivity index (χ1v) is 12.0. The van der Waals surface area contributed by atoms with Crippen LogP contribution in [0, 0.1) is 4.77 Å². The van der Waals surface area contributed by atoms with Gasteiger partial charge in [0.2, 0.25) is 5.91 Å². The molecule has 8 nitrogen and oxygen atoms in total. The lowest BCUT2D eigenvalue weighted by Crippen LogP contribution is -2.24. The van der Waals surface area contributed by atoms with Crippen molar-refractivity contribution in [1.82, 2.24) is 20.1 Å². The Morgan fingerprint density at radius 3 is 2.62 bits per heavy atom. The van der Waals surface area contributed by atoms with Crippen LogP contribution in [0.4, 0.5) is 0 Å². The van der Waals surface area contributed by atoms with Crippen molar-refractivity contribution in [3.63, 3.8) is 0 Å². The summed E-state index contributed by atoms with van der Waals surface area (Å²) in [6, 6.07) is 15.4. The van der Waals surface area contributed by atoms with Gasteiger partial charge in [0.15, 0.2) is 10.6 Å². The summed E-state index contributed by atoms with van der Waals surface area (Å²) in [4.78, 5) is 12.5. The van der Waals surface area contributed by atoms with Gasteiger partial charge in [-0.15, -0.1) is 0 Å². The van der Waals surface area contributed by atoms with E-state index in [4.69, 9.17) is 26.4 Å². The van der Waals surface area contributed by atoms with Gasteiger partial charge in [-0.25, -0.2) is 0 Å². The Balaban J connectivity index is 1.26. The maximum absolute atomic E-state index is 12.5. The minimum Gasteiger partial charge on any atom is -0.494 e. The molecule has 2 N–H and O–H groups in total. The predicted molar refractivity (Wildman–Crippen MR) is 131 cm³/mol. The molecule has 0 bridgehead atoms. The molecule has 0 radical (unpaired) electrons. The molecule has 4 rings (SSSR count). The molecule has 9 heteroatoms. The van der Waals surface area contributed by atoms with Gasteiger partial charge in [0, 0.05) is 31.7 Å². The van der Waals surface area contributed by atoms with E-state index in [1.165, 1.54) is 0 Å². The molecule has 2 heterocycles. The fourth-order valence-corrected chi connectivity index (χ4v) is 4.01. The molecule has 1 fully saturated rings. The van der Waals surface area contributed by atoms with Gasteiger partial charge in [0.25, 0.3) is 0 Å². The number of ether oxygens (including phenoxy) is 3. The molecule has 0 spiro atoms. The van der Waals surface area contributed by atoms with Gasteiger partial charge < -0.3 is 19.5 Å². The number of carbonyl (C=O) groups is 1. The molecule has 1 atom stereocenters. The fraction of sp³-hybridized carbons (Fsp3) is 0.400. The van der Waals surface area contributed by atoms with Crippen LogP contribution in [-0.4, -0.2) is 46.6 Å². The molecule has 1 aliphatic heterocycles. The van der Waals surface area contributed by atoms with E-state index < -0.39 is 0 Å². The molecule has 1 aromatic heterocycles. The summed E-state index contributed by atoms with van der Waals surface area (Å²) in [6.45, 7) is 4.84. The molecule has 1 saturated heterocycles. The van der Waals surface area contributed by atoms with E-state index in [0.717, 1.165) is 42.1 Å². The van der Waals surface area contributed by atoms with Gasteiger partial charge in [-0.05, 0) is 73.9 Å². The number of H-pyrrole nitrogens is 1. The number of nitrogens with zero attached hydrogens (tertiary/aromatic N) is 2. The first-order valence-electron chi connectivity index (χ1n) is 11.6. The van der Waals surface area contributed by atoms with E-state index in [2.05, 4.69) is 15.5 Å². The Labute approximate surface area is 204 Å². The summed E-state index contributed by atoms with van der Waals surface area (Å²) in [5.41, 5.74) is 1.91. The molecule has 2 aromatic carbocycles. The lowest BCUT2D eigenvalue weighted by atomic mass is 10.2. The molecule has 3 aromatic rings. The van der Waals surface area contributed by atoms with Crippen molar-refractivity contribution in [2.24, 2.45) is 0 Å². The highest BCUT2D eigenvalue weighted by molar-refractivity contribution is 7.71. The lowest BCUT2D eigenvalue weighted by Gasteiger charge is -2.12. The maximum Gasteiger partial charge on any atom is 0.222 e. The van der Waals surface area contributed by atoms with Crippen LogP contribution < -0.4 is 14.8 Å². The van der Waals surface area contributed by atoms with Gasteiger partial charge in [-0.3, -0.25) is 14.5 Å². The number of hydrogen-bond donors (Lipinski definition) is 2. The Morgan fingerprint density at radius 2 is 1.91 bits per heavy atom. The largest absolute Gasteiger partial charge is 0.494 e. The number of benzene rings is 2. The average Bonchev–Trinajstić information content (AvgIpc) is 3.51. The standard InChI is InChI=1S/C25H30N4O4S/c1-2-31-20-11-7-19(8-12-20)24-27-28-25(34)29(24)14-13-23(30)26-16-18-5-9-21(10-6-18)33-17-22-4-3-15-32-22/h5-12,22H,2-4,13-17H2,1H3,(H,26,30)(H,28,34). The maximum atomic E-state index is 12.5. The Morgan fingerprint density at radius 1 is 1.18 bits per heavy atom. The first-order chi connectivity index (χ1) is 16.6. The predicted octanol–water partition coefficient (Wildman–Crippen LogP) is 4.27. The second-order valence-electron chi connectivity index (χ2n) is 8.08. The summed E-state index contributed by atoms with van der Waals surface area (Å²) >= 11 is 5.37. The van der Waals surface area contributed by atoms with E-state index in [1.807, 2.05) is 60.0 Å². The first kappa shape index (κ1) is 24.0. The minimum absolute atomic E-state index is 0.0561. The number of carbonyl (C=O) groups excluding carboxylic acids is 1. The average molecular weight is 483 g/mol. The van der Waals surface area contributed by atoms with Crippen LogP contribution in [0.25, 0.3) is 11.4 Å². The third-order valence-electron chi connectivity index (χ3n) is 5.62. The van der Waals surface area contributed by atoms with Crippen molar-refractivity contribution in [2.45, 2.75) is 45.4 Å². The molecule has 0 saturated carbocycles. The molecule has 1 unspecified atom stereocenters. The van der Waals surface area contributed by atoms with E-state index in [9.17, 15) is 4.79 Å². The number of rotatable bonds is 11. The van der Waals surface area contributed by atoms with E-state index >= 15 is 0 Å². The normalized spacial score (nSPS) is 15.3. The highest BCUT2D eigenvalue weighted by Gasteiger charge is 2.16. The molecule has 180 valence electrons. The number of nitrogens with one attached hydrogen (secondary N) is 2. The summed E-state index contributed by atoms with van der Waals surface area (Å²) in [5, 5.41) is 10.1. The van der Waals surface area contributed by atoms with Gasteiger partial charge in [-0.1, -0.05) is 12.1 Å². The third kappa shape index (κ3) is 6.45. The molecular formula is C25H30N4O4S. The third-order valence-corrected chi connectivity index (χ3v) is 5.93. The fourth-order valence-electron chi connectivity index (χ4n) is 3.78. The van der Waals surface area contributed by atoms with Gasteiger partial charge >= 0.3 is 0 Å². The molecule has 0 aliphatic carbocycles. The molecule has 1 aliphatic rings. The van der Waals surface area contributed by atoms with Crippen LogP contribution in [0.5, 0.6) is 11.5 Å². The second-order valence-corrected chi connectivity index (χ2v) is 8.46. The second kappa shape index (κ2) is 11.8. The smallest absolute Gasteiger partial charge is 0.222 e. The zero-order valence-electron chi connectivity index (χ0n) is 19.3. The summed E-state index contributed by atoms with van der Waals surface area (Å²) in [6.07, 6.45) is 2.64. The lowest BCUT2D eigenvalue weighted by molar-refractivity contribution is -0.121. The Hall–Kier alpha value is -3.17. The van der Waals surface area contributed by atoms with Crippen molar-refractivity contribution in [3.05, 3.63) is 58.9 Å². The van der Waals surface area contributed by atoms with Crippen molar-refractivity contribution in [2.75, 3.05) is 19.8 Å². The summed E-state index contributed by atoms with van der Waals surface area (Å²) < 4.78 is 19.2. The van der Waals surface area contributed by atoms with E-state index in [1.54, 1.807) is 0 Å². The van der Waals surface area contributed by atoms with Crippen LogP contribution in [0.1, 0.15) is 31.7 Å². The van der Waals surface area contributed by atoms with Gasteiger partial charge in [0.1, 0.15) is 18.1 Å². The molecule has 34 heavy (non-hydrogen) atoms. The van der Waals surface area contributed by atoms with Crippen molar-refractivity contribution >= 4 is 18.1 Å². The number of amides is 1. The monoisotopic (exact) mass is 482 g/mol. The minimum atomic E-state index is -0.0561. The van der Waals surface area contributed by atoms with Gasteiger partial charge in [-0.2, -0.15) is 5.10 Å². The van der Waals surface area contributed by atoms with Crippen molar-refractivity contribution in [1.29, 1.82) is 0 Å². The van der Waals surface area contributed by atoms with Crippen LogP contribution in [0.3, 0.4) is 0 Å². The van der Waals surface area contributed by atoms with Crippen LogP contribution in [0.2, 0.25) is 0 Å². The summed E-state index contributed by atoms with van der Waals surface area (Å²) in [5.74, 6) is 2.24. The topological polar surface area (TPSA) is 90.4 Å². The number of aromatic amines is 1. The zero-order chi connectivity index (χ0) is 23.8. The molecular weight excluding hydrogens is 452 g/mol. The van der Waals surface area contributed by atoms with Crippen molar-refractivity contribution < 1.29 is 19.0 Å². The van der Waals surface area contributed by atoms with Gasteiger partial charge in [0.05, 0.1) is 12.7 Å². The Kier molecular flexibility index (Phi) is 8.32. The highest BCUT2D eigenvalue weighted by Crippen LogP contribution is 2.21. The highest BCUT2D eigenvalue weighted by atomic mass is 32.1. The van der Waals surface area contributed by atoms with Crippen LogP contribution >= 0.6 is 12.2 Å². The number of aromatic nitrogens is 3. The van der Waals surface area contributed by atoms with Crippen molar-refractivity contribution in [3.8, 4) is 22.9 Å². The SMILES string of the molecule is CCOc1ccc(-c2n[nH]c(=S)n2CCC(=O)NCc2ccc(OCC3CCCO3)cc2)cc1. The molecule has 1 amide bonds. The quantitative estimate of drug-likeness (QED) is 0.397. The van der Waals surface area contributed by atoms with E-state index in [-0.39, 0.29) is 12.0 Å². The van der Waals surface area contributed by atoms with Crippen LogP contribution in [0.15, 0.2) is 48.5 Å². The summed E-state index contributed by atoms with van der Waals surface area (Å²) in [7, 11) is 0. The number of hydrogen-bond acceptors (Lipinski definition) is 6. The zero-order valence-corrected chi connectivity index (χ0v) is 20.1. The van der Waals surface area contributed by atoms with E-state index in [0.29, 0.717) is 43.3 Å². The Bertz CT molecular complexity index is 1120.